The van der Waals surface area contributed by atoms with E-state index >= 15 is 0 Å². The summed E-state index contributed by atoms with van der Waals surface area (Å²) in [7, 11) is 0. The summed E-state index contributed by atoms with van der Waals surface area (Å²) in [5.74, 6) is 1.09. The zero-order chi connectivity index (χ0) is 19.8. The van der Waals surface area contributed by atoms with Crippen LogP contribution < -0.4 is 15.4 Å². The number of benzene rings is 2. The van der Waals surface area contributed by atoms with E-state index in [9.17, 15) is 4.79 Å². The van der Waals surface area contributed by atoms with Crippen molar-refractivity contribution >= 4 is 17.4 Å². The maximum Gasteiger partial charge on any atom is 0.275 e. The normalized spacial score (nSPS) is 11.5. The highest BCUT2D eigenvalue weighted by Crippen LogP contribution is 2.17. The Labute approximate surface area is 165 Å². The Hall–Kier alpha value is -3.41. The third kappa shape index (κ3) is 5.54. The number of nitrogens with zero attached hydrogens (tertiary/aromatic N) is 2. The summed E-state index contributed by atoms with van der Waals surface area (Å²) in [5.41, 5.74) is 2.03. The van der Waals surface area contributed by atoms with E-state index in [-0.39, 0.29) is 11.6 Å². The van der Waals surface area contributed by atoms with Crippen molar-refractivity contribution in [1.82, 2.24) is 9.97 Å². The molecule has 0 fully saturated rings. The molecule has 0 aliphatic rings. The molecule has 1 heterocycles. The monoisotopic (exact) mass is 376 g/mol. The number of carbonyl (C=O) groups is 1. The lowest BCUT2D eigenvalue weighted by Gasteiger charge is -2.11. The van der Waals surface area contributed by atoms with Crippen LogP contribution in [0.1, 0.15) is 36.3 Å². The van der Waals surface area contributed by atoms with Crippen LogP contribution >= 0.6 is 0 Å². The van der Waals surface area contributed by atoms with Crippen LogP contribution in [0.25, 0.3) is 0 Å². The van der Waals surface area contributed by atoms with E-state index in [0.717, 1.165) is 17.7 Å². The third-order valence-corrected chi connectivity index (χ3v) is 4.25. The van der Waals surface area contributed by atoms with Gasteiger partial charge in [0.25, 0.3) is 5.91 Å². The van der Waals surface area contributed by atoms with E-state index in [2.05, 4.69) is 34.4 Å². The molecule has 0 saturated heterocycles. The molecule has 144 valence electrons. The number of hydrogen-bond donors (Lipinski definition) is 2. The number of carbonyl (C=O) groups excluding carboxylic acids is 1. The first-order valence-corrected chi connectivity index (χ1v) is 9.30. The molecule has 1 atom stereocenters. The maximum absolute atomic E-state index is 12.3. The van der Waals surface area contributed by atoms with Crippen molar-refractivity contribution in [1.29, 1.82) is 0 Å². The minimum Gasteiger partial charge on any atom is -0.489 e. The number of nitrogens with one attached hydrogen (secondary N) is 2. The van der Waals surface area contributed by atoms with E-state index in [0.29, 0.717) is 24.2 Å². The molecule has 3 aromatic rings. The molecule has 28 heavy (non-hydrogen) atoms. The molecule has 2 N–H and O–H groups in total. The Morgan fingerprint density at radius 3 is 2.43 bits per heavy atom. The predicted molar refractivity (Wildman–Crippen MR) is 111 cm³/mol. The quantitative estimate of drug-likeness (QED) is 0.604. The highest BCUT2D eigenvalue weighted by molar-refractivity contribution is 6.02. The van der Waals surface area contributed by atoms with Gasteiger partial charge in [0.05, 0.1) is 12.4 Å². The van der Waals surface area contributed by atoms with Crippen LogP contribution in [0, 0.1) is 0 Å². The Morgan fingerprint density at radius 1 is 1.04 bits per heavy atom. The molecular formula is C22H24N4O2. The summed E-state index contributed by atoms with van der Waals surface area (Å²) < 4.78 is 5.75. The summed E-state index contributed by atoms with van der Waals surface area (Å²) in [4.78, 5) is 20.8. The Bertz CT molecular complexity index is 881. The second-order valence-electron chi connectivity index (χ2n) is 6.49. The average molecular weight is 376 g/mol. The van der Waals surface area contributed by atoms with Gasteiger partial charge >= 0.3 is 0 Å². The molecule has 0 saturated carbocycles. The smallest absolute Gasteiger partial charge is 0.275 e. The molecular weight excluding hydrogens is 352 g/mol. The molecule has 6 nitrogen and oxygen atoms in total. The number of anilines is 2. The van der Waals surface area contributed by atoms with Crippen molar-refractivity contribution in [2.75, 3.05) is 10.6 Å². The second kappa shape index (κ2) is 9.50. The first-order chi connectivity index (χ1) is 13.6. The lowest BCUT2D eigenvalue weighted by molar-refractivity contribution is 0.102. The van der Waals surface area contributed by atoms with Crippen molar-refractivity contribution < 1.29 is 9.53 Å². The number of aromatic nitrogens is 2. The Kier molecular flexibility index (Phi) is 6.57. The average Bonchev–Trinajstić information content (AvgIpc) is 2.74. The van der Waals surface area contributed by atoms with Gasteiger partial charge in [-0.05, 0) is 43.2 Å². The van der Waals surface area contributed by atoms with Gasteiger partial charge in [0.1, 0.15) is 23.9 Å². The second-order valence-corrected chi connectivity index (χ2v) is 6.49. The third-order valence-electron chi connectivity index (χ3n) is 4.25. The van der Waals surface area contributed by atoms with Crippen LogP contribution in [-0.4, -0.2) is 21.9 Å². The predicted octanol–water partition coefficient (Wildman–Crippen LogP) is 4.52. The largest absolute Gasteiger partial charge is 0.489 e. The van der Waals surface area contributed by atoms with E-state index in [4.69, 9.17) is 4.74 Å². The fraction of sp³-hybridized carbons (Fsp3) is 0.227. The van der Waals surface area contributed by atoms with Crippen LogP contribution in [0.2, 0.25) is 0 Å². The Balaban J connectivity index is 1.54. The molecule has 0 aliphatic heterocycles. The van der Waals surface area contributed by atoms with Crippen LogP contribution in [-0.2, 0) is 6.61 Å². The van der Waals surface area contributed by atoms with E-state index in [1.165, 1.54) is 6.20 Å². The molecule has 1 aromatic heterocycles. The number of rotatable bonds is 8. The summed E-state index contributed by atoms with van der Waals surface area (Å²) in [6.07, 6.45) is 4.02. The summed E-state index contributed by atoms with van der Waals surface area (Å²) in [6, 6.07) is 17.5. The topological polar surface area (TPSA) is 76.1 Å². The highest BCUT2D eigenvalue weighted by Gasteiger charge is 2.09. The lowest BCUT2D eigenvalue weighted by Crippen LogP contribution is -2.17. The SMILES string of the molecule is CCC(C)Nc1cnc(C(=O)Nc2ccc(OCc3ccccc3)cc2)cn1. The molecule has 0 aliphatic carbocycles. The molecule has 6 heteroatoms. The molecule has 0 radical (unpaired) electrons. The molecule has 1 unspecified atom stereocenters. The fourth-order valence-electron chi connectivity index (χ4n) is 2.44. The summed E-state index contributed by atoms with van der Waals surface area (Å²) in [5, 5.41) is 6.03. The highest BCUT2D eigenvalue weighted by atomic mass is 16.5. The fourth-order valence-corrected chi connectivity index (χ4v) is 2.44. The van der Waals surface area contributed by atoms with Gasteiger partial charge in [-0.25, -0.2) is 9.97 Å². The zero-order valence-corrected chi connectivity index (χ0v) is 16.1. The van der Waals surface area contributed by atoms with E-state index < -0.39 is 0 Å². The Morgan fingerprint density at radius 2 is 1.79 bits per heavy atom. The van der Waals surface area contributed by atoms with Crippen molar-refractivity contribution in [3.05, 3.63) is 78.2 Å². The molecule has 3 rings (SSSR count). The number of ether oxygens (including phenoxy) is 1. The lowest BCUT2D eigenvalue weighted by atomic mass is 10.2. The minimum absolute atomic E-state index is 0.263. The first kappa shape index (κ1) is 19.4. The van der Waals surface area contributed by atoms with Crippen LogP contribution in [0.4, 0.5) is 11.5 Å². The van der Waals surface area contributed by atoms with Gasteiger partial charge in [-0.1, -0.05) is 37.3 Å². The molecule has 1 amide bonds. The molecule has 0 spiro atoms. The number of hydrogen-bond acceptors (Lipinski definition) is 5. The van der Waals surface area contributed by atoms with Crippen molar-refractivity contribution in [3.8, 4) is 5.75 Å². The first-order valence-electron chi connectivity index (χ1n) is 9.30. The van der Waals surface area contributed by atoms with Crippen LogP contribution in [0.15, 0.2) is 67.0 Å². The standard InChI is InChI=1S/C22H24N4O2/c1-3-16(2)25-21-14-23-20(13-24-21)22(27)26-18-9-11-19(12-10-18)28-15-17-7-5-4-6-8-17/h4-14,16H,3,15H2,1-2H3,(H,24,25)(H,26,27). The van der Waals surface area contributed by atoms with Crippen molar-refractivity contribution in [3.63, 3.8) is 0 Å². The summed E-state index contributed by atoms with van der Waals surface area (Å²) >= 11 is 0. The maximum atomic E-state index is 12.3. The zero-order valence-electron chi connectivity index (χ0n) is 16.1. The molecule has 0 bridgehead atoms. The van der Waals surface area contributed by atoms with E-state index in [1.54, 1.807) is 18.3 Å². The van der Waals surface area contributed by atoms with Crippen molar-refractivity contribution in [2.24, 2.45) is 0 Å². The van der Waals surface area contributed by atoms with Gasteiger partial charge in [-0.2, -0.15) is 0 Å². The number of amides is 1. The van der Waals surface area contributed by atoms with Crippen LogP contribution in [0.5, 0.6) is 5.75 Å². The van der Waals surface area contributed by atoms with Gasteiger partial charge < -0.3 is 15.4 Å². The molecule has 2 aromatic carbocycles. The minimum atomic E-state index is -0.305. The van der Waals surface area contributed by atoms with Gasteiger partial charge in [0.2, 0.25) is 0 Å². The van der Waals surface area contributed by atoms with Gasteiger partial charge in [0.15, 0.2) is 0 Å². The van der Waals surface area contributed by atoms with Gasteiger partial charge in [-0.3, -0.25) is 4.79 Å². The van der Waals surface area contributed by atoms with Crippen molar-refractivity contribution in [2.45, 2.75) is 32.9 Å². The van der Waals surface area contributed by atoms with Crippen LogP contribution in [0.3, 0.4) is 0 Å². The van der Waals surface area contributed by atoms with Gasteiger partial charge in [-0.15, -0.1) is 0 Å². The van der Waals surface area contributed by atoms with E-state index in [1.807, 2.05) is 42.5 Å². The summed E-state index contributed by atoms with van der Waals surface area (Å²) in [6.45, 7) is 4.65. The van der Waals surface area contributed by atoms with Gasteiger partial charge in [0, 0.05) is 11.7 Å².